The first kappa shape index (κ1) is 20.9. The topological polar surface area (TPSA) is 114 Å². The van der Waals surface area contributed by atoms with E-state index in [-0.39, 0.29) is 37.6 Å². The van der Waals surface area contributed by atoms with Gasteiger partial charge in [0.2, 0.25) is 5.91 Å². The number of aliphatic hydroxyl groups excluding tert-OH is 1. The molecule has 8 heteroatoms. The summed E-state index contributed by atoms with van der Waals surface area (Å²) >= 11 is 0. The third-order valence-electron chi connectivity index (χ3n) is 2.99. The minimum atomic E-state index is -0.760. The molecule has 0 bridgehead atoms. The number of nitrogens with zero attached hydrogens (tertiary/aromatic N) is 1. The predicted molar refractivity (Wildman–Crippen MR) is 95.6 cm³/mol. The van der Waals surface area contributed by atoms with Crippen molar-refractivity contribution in [1.82, 2.24) is 5.32 Å². The van der Waals surface area contributed by atoms with Crippen molar-refractivity contribution in [2.75, 3.05) is 26.3 Å². The maximum Gasteiger partial charge on any atom is 0.343 e. The number of ether oxygens (including phenoxy) is 2. The van der Waals surface area contributed by atoms with E-state index in [1.165, 1.54) is 0 Å². The molecule has 0 spiro atoms. The Kier molecular flexibility index (Phi) is 9.16. The van der Waals surface area contributed by atoms with Crippen molar-refractivity contribution in [3.8, 4) is 0 Å². The van der Waals surface area contributed by atoms with E-state index < -0.39 is 17.8 Å². The van der Waals surface area contributed by atoms with E-state index in [1.807, 2.05) is 0 Å². The molecular weight excluding hydrogens is 340 g/mol. The minimum Gasteiger partial charge on any atom is -0.506 e. The largest absolute Gasteiger partial charge is 0.506 e. The van der Waals surface area contributed by atoms with E-state index in [0.717, 1.165) is 6.21 Å². The second-order valence-electron chi connectivity index (χ2n) is 4.90. The number of hydrogen-bond acceptors (Lipinski definition) is 7. The van der Waals surface area contributed by atoms with Crippen LogP contribution in [0, 0.1) is 0 Å². The molecule has 0 unspecified atom stereocenters. The van der Waals surface area contributed by atoms with Crippen molar-refractivity contribution in [2.45, 2.75) is 13.8 Å². The Balaban J connectivity index is 2.80. The van der Waals surface area contributed by atoms with Gasteiger partial charge in [-0.2, -0.15) is 0 Å². The maximum atomic E-state index is 12.0. The van der Waals surface area contributed by atoms with Crippen LogP contribution in [-0.4, -0.2) is 55.5 Å². The molecule has 8 nitrogen and oxygen atoms in total. The smallest absolute Gasteiger partial charge is 0.343 e. The quantitative estimate of drug-likeness (QED) is 0.296. The standard InChI is InChI=1S/C18H22N2O6/c1-3-25-16(22)12-20-15(21)11-19-10-14(18(24)26-4-2)17(23)13-8-6-5-7-9-13/h5-10,23H,3-4,11-12H2,1-2H3,(H,20,21)/b17-14+,19-10?. The van der Waals surface area contributed by atoms with Crippen molar-refractivity contribution >= 4 is 29.8 Å². The van der Waals surface area contributed by atoms with Gasteiger partial charge in [-0.1, -0.05) is 30.3 Å². The summed E-state index contributed by atoms with van der Waals surface area (Å²) in [5, 5.41) is 12.6. The van der Waals surface area contributed by atoms with Gasteiger partial charge in [-0.25, -0.2) is 4.79 Å². The molecule has 140 valence electrons. The molecular formula is C18H22N2O6. The number of hydrogen-bond donors (Lipinski definition) is 2. The molecule has 0 heterocycles. The fraction of sp³-hybridized carbons (Fsp3) is 0.333. The van der Waals surface area contributed by atoms with Crippen LogP contribution in [0.2, 0.25) is 0 Å². The lowest BCUT2D eigenvalue weighted by Crippen LogP contribution is -2.32. The Hall–Kier alpha value is -3.16. The summed E-state index contributed by atoms with van der Waals surface area (Å²) in [6.45, 7) is 3.04. The van der Waals surface area contributed by atoms with E-state index in [2.05, 4.69) is 15.0 Å². The number of amides is 1. The van der Waals surface area contributed by atoms with E-state index >= 15 is 0 Å². The highest BCUT2D eigenvalue weighted by Gasteiger charge is 2.16. The summed E-state index contributed by atoms with van der Waals surface area (Å²) in [6.07, 6.45) is 1.07. The molecule has 0 saturated carbocycles. The second kappa shape index (κ2) is 11.4. The van der Waals surface area contributed by atoms with Gasteiger partial charge in [-0.05, 0) is 13.8 Å². The number of rotatable bonds is 9. The molecule has 2 N–H and O–H groups in total. The van der Waals surface area contributed by atoms with Crippen LogP contribution >= 0.6 is 0 Å². The van der Waals surface area contributed by atoms with Gasteiger partial charge in [0.1, 0.15) is 24.4 Å². The van der Waals surface area contributed by atoms with Gasteiger partial charge in [-0.15, -0.1) is 0 Å². The maximum absolute atomic E-state index is 12.0. The van der Waals surface area contributed by atoms with Crippen molar-refractivity contribution in [1.29, 1.82) is 0 Å². The number of aliphatic hydroxyl groups is 1. The second-order valence-corrected chi connectivity index (χ2v) is 4.90. The summed E-state index contributed by atoms with van der Waals surface area (Å²) in [6, 6.07) is 8.41. The number of nitrogens with one attached hydrogen (secondary N) is 1. The zero-order chi connectivity index (χ0) is 19.4. The summed E-state index contributed by atoms with van der Waals surface area (Å²) in [5.74, 6) is -2.15. The van der Waals surface area contributed by atoms with Crippen molar-refractivity contribution in [2.24, 2.45) is 4.99 Å². The molecule has 0 aliphatic carbocycles. The summed E-state index contributed by atoms with van der Waals surface area (Å²) in [5.41, 5.74) is 0.241. The number of benzene rings is 1. The molecule has 0 aliphatic rings. The fourth-order valence-corrected chi connectivity index (χ4v) is 1.83. The molecule has 1 amide bonds. The number of esters is 2. The van der Waals surface area contributed by atoms with Crippen molar-refractivity contribution < 1.29 is 29.0 Å². The SMILES string of the molecule is CCOC(=O)CNC(=O)CN=C/C(C(=O)OCC)=C(\O)c1ccccc1. The van der Waals surface area contributed by atoms with Crippen LogP contribution in [-0.2, 0) is 23.9 Å². The third-order valence-corrected chi connectivity index (χ3v) is 2.99. The van der Waals surface area contributed by atoms with Crippen LogP contribution in [0.25, 0.3) is 5.76 Å². The van der Waals surface area contributed by atoms with Crippen LogP contribution in [0.1, 0.15) is 19.4 Å². The lowest BCUT2D eigenvalue weighted by atomic mass is 10.1. The van der Waals surface area contributed by atoms with Crippen LogP contribution in [0.15, 0.2) is 40.9 Å². The molecule has 0 aromatic heterocycles. The van der Waals surface area contributed by atoms with Gasteiger partial charge >= 0.3 is 11.9 Å². The van der Waals surface area contributed by atoms with Gasteiger partial charge in [-0.3, -0.25) is 14.6 Å². The molecule has 0 fully saturated rings. The molecule has 1 aromatic rings. The molecule has 0 atom stereocenters. The molecule has 0 aliphatic heterocycles. The summed E-state index contributed by atoms with van der Waals surface area (Å²) in [7, 11) is 0. The number of aliphatic imine (C=N–C) groups is 1. The number of carbonyl (C=O) groups is 3. The van der Waals surface area contributed by atoms with E-state index in [9.17, 15) is 19.5 Å². The first-order chi connectivity index (χ1) is 12.5. The van der Waals surface area contributed by atoms with Crippen LogP contribution in [0.4, 0.5) is 0 Å². The zero-order valence-corrected chi connectivity index (χ0v) is 14.7. The average Bonchev–Trinajstić information content (AvgIpc) is 2.64. The van der Waals surface area contributed by atoms with E-state index in [4.69, 9.17) is 4.74 Å². The van der Waals surface area contributed by atoms with Gasteiger partial charge in [0.25, 0.3) is 0 Å². The molecule has 1 aromatic carbocycles. The van der Waals surface area contributed by atoms with Gasteiger partial charge in [0.05, 0.1) is 13.2 Å². The molecule has 1 rings (SSSR count). The zero-order valence-electron chi connectivity index (χ0n) is 14.7. The Bertz CT molecular complexity index is 682. The summed E-state index contributed by atoms with van der Waals surface area (Å²) < 4.78 is 9.58. The Morgan fingerprint density at radius 3 is 2.38 bits per heavy atom. The van der Waals surface area contributed by atoms with Crippen LogP contribution in [0.3, 0.4) is 0 Å². The highest BCUT2D eigenvalue weighted by molar-refractivity contribution is 6.15. The minimum absolute atomic E-state index is 0.123. The molecule has 0 saturated heterocycles. The van der Waals surface area contributed by atoms with E-state index in [0.29, 0.717) is 5.56 Å². The lowest BCUT2D eigenvalue weighted by Gasteiger charge is -2.07. The Morgan fingerprint density at radius 1 is 1.12 bits per heavy atom. The van der Waals surface area contributed by atoms with Crippen molar-refractivity contribution in [3.05, 3.63) is 41.5 Å². The Morgan fingerprint density at radius 2 is 1.77 bits per heavy atom. The van der Waals surface area contributed by atoms with Crippen molar-refractivity contribution in [3.63, 3.8) is 0 Å². The predicted octanol–water partition coefficient (Wildman–Crippen LogP) is 1.27. The number of carbonyl (C=O) groups excluding carboxylic acids is 3. The highest BCUT2D eigenvalue weighted by atomic mass is 16.5. The van der Waals surface area contributed by atoms with Gasteiger partial charge in [0, 0.05) is 11.8 Å². The average molecular weight is 362 g/mol. The van der Waals surface area contributed by atoms with E-state index in [1.54, 1.807) is 44.2 Å². The van der Waals surface area contributed by atoms with Crippen LogP contribution < -0.4 is 5.32 Å². The van der Waals surface area contributed by atoms with Crippen LogP contribution in [0.5, 0.6) is 0 Å². The molecule has 26 heavy (non-hydrogen) atoms. The summed E-state index contributed by atoms with van der Waals surface area (Å²) in [4.78, 5) is 38.7. The normalized spacial score (nSPS) is 11.6. The fourth-order valence-electron chi connectivity index (χ4n) is 1.83. The third kappa shape index (κ3) is 7.16. The monoisotopic (exact) mass is 362 g/mol. The van der Waals surface area contributed by atoms with Gasteiger partial charge in [0.15, 0.2) is 0 Å². The molecule has 0 radical (unpaired) electrons. The highest BCUT2D eigenvalue weighted by Crippen LogP contribution is 2.15. The Labute approximate surface area is 151 Å². The lowest BCUT2D eigenvalue weighted by molar-refractivity contribution is -0.143. The first-order valence-corrected chi connectivity index (χ1v) is 8.07. The van der Waals surface area contributed by atoms with Gasteiger partial charge < -0.3 is 19.9 Å². The first-order valence-electron chi connectivity index (χ1n) is 8.07.